The summed E-state index contributed by atoms with van der Waals surface area (Å²) in [5.74, 6) is -3.23. The van der Waals surface area contributed by atoms with Gasteiger partial charge in [0.2, 0.25) is 11.8 Å². The van der Waals surface area contributed by atoms with Crippen LogP contribution in [0.1, 0.15) is 59.7 Å². The molecule has 0 spiro atoms. The number of carbonyl (C=O) groups excluding carboxylic acids is 5. The van der Waals surface area contributed by atoms with Crippen LogP contribution < -0.4 is 4.90 Å². The normalized spacial score (nSPS) is 25.9. The van der Waals surface area contributed by atoms with E-state index in [0.29, 0.717) is 45.5 Å². The zero-order valence-electron chi connectivity index (χ0n) is 22.8. The molecule has 7 heteroatoms. The number of allylic oxidation sites excluding steroid dienone is 6. The highest BCUT2D eigenvalue weighted by Gasteiger charge is 2.56. The molecule has 202 valence electrons. The highest BCUT2D eigenvalue weighted by Crippen LogP contribution is 2.55. The van der Waals surface area contributed by atoms with E-state index in [-0.39, 0.29) is 41.3 Å². The number of amides is 2. The van der Waals surface area contributed by atoms with Crippen LogP contribution in [0, 0.1) is 31.6 Å². The van der Waals surface area contributed by atoms with Crippen molar-refractivity contribution >= 4 is 34.9 Å². The average Bonchev–Trinajstić information content (AvgIpc) is 3.18. The Labute approximate surface area is 231 Å². The molecule has 2 amide bonds. The van der Waals surface area contributed by atoms with Crippen molar-refractivity contribution in [1.82, 2.24) is 0 Å². The molecule has 0 unspecified atom stereocenters. The van der Waals surface area contributed by atoms with Crippen molar-refractivity contribution in [3.63, 3.8) is 0 Å². The Balaban J connectivity index is 1.47. The predicted molar refractivity (Wildman–Crippen MR) is 148 cm³/mol. The number of Topliss-reactive ketones (excluding diaryl/α,β-unsaturated/α-hetero) is 2. The fourth-order valence-electron chi connectivity index (χ4n) is 7.00. The molecular weight excluding hydrogens is 506 g/mol. The SMILES string of the molecule is CC(=O)c1ccc(N2C(=O)[C@H]3[C@H](CC=C4[C@H](c5cc(C)c(O)c(C)c5)C5=C(C[C@H]43)C(=O)C=C(C)C5=O)C2=O)cc1. The summed E-state index contributed by atoms with van der Waals surface area (Å²) in [6.07, 6.45) is 3.90. The van der Waals surface area contributed by atoms with Gasteiger partial charge in [0.15, 0.2) is 17.3 Å². The van der Waals surface area contributed by atoms with E-state index in [1.807, 2.05) is 18.2 Å². The van der Waals surface area contributed by atoms with E-state index in [0.717, 1.165) is 11.1 Å². The number of phenolic OH excluding ortho intramolecular Hbond substituents is 1. The number of imide groups is 1. The molecule has 3 aliphatic carbocycles. The number of anilines is 1. The van der Waals surface area contributed by atoms with E-state index < -0.39 is 23.7 Å². The van der Waals surface area contributed by atoms with Gasteiger partial charge in [-0.1, -0.05) is 23.8 Å². The Hall–Kier alpha value is -4.39. The van der Waals surface area contributed by atoms with Crippen LogP contribution in [0.2, 0.25) is 0 Å². The molecule has 0 bridgehead atoms. The number of phenols is 1. The molecule has 1 N–H and O–H groups in total. The highest BCUT2D eigenvalue weighted by atomic mass is 16.3. The number of aryl methyl sites for hydroxylation is 2. The van der Waals surface area contributed by atoms with Crippen molar-refractivity contribution in [2.24, 2.45) is 17.8 Å². The molecule has 1 aliphatic heterocycles. The number of fused-ring (bicyclic) bond motifs is 3. The molecule has 0 aromatic heterocycles. The first-order valence-corrected chi connectivity index (χ1v) is 13.5. The van der Waals surface area contributed by atoms with E-state index in [2.05, 4.69) is 0 Å². The average molecular weight is 536 g/mol. The van der Waals surface area contributed by atoms with E-state index >= 15 is 0 Å². The Morgan fingerprint density at radius 1 is 0.925 bits per heavy atom. The van der Waals surface area contributed by atoms with Gasteiger partial charge in [-0.2, -0.15) is 0 Å². The van der Waals surface area contributed by atoms with Crippen LogP contribution in [0.5, 0.6) is 5.75 Å². The third-order valence-corrected chi connectivity index (χ3v) is 8.94. The lowest BCUT2D eigenvalue weighted by Gasteiger charge is -2.42. The van der Waals surface area contributed by atoms with Crippen molar-refractivity contribution in [1.29, 1.82) is 0 Å². The Bertz CT molecular complexity index is 1630. The summed E-state index contributed by atoms with van der Waals surface area (Å²) in [5, 5.41) is 10.4. The monoisotopic (exact) mass is 535 g/mol. The lowest BCUT2D eigenvalue weighted by Crippen LogP contribution is -2.39. The molecule has 1 saturated heterocycles. The van der Waals surface area contributed by atoms with Crippen molar-refractivity contribution in [3.8, 4) is 5.75 Å². The zero-order valence-corrected chi connectivity index (χ0v) is 22.8. The minimum Gasteiger partial charge on any atom is -0.507 e. The summed E-state index contributed by atoms with van der Waals surface area (Å²) in [6.45, 7) is 6.68. The van der Waals surface area contributed by atoms with Gasteiger partial charge in [-0.3, -0.25) is 28.9 Å². The lowest BCUT2D eigenvalue weighted by molar-refractivity contribution is -0.123. The molecule has 4 atom stereocenters. The Morgan fingerprint density at radius 3 is 2.20 bits per heavy atom. The minimum absolute atomic E-state index is 0.110. The third kappa shape index (κ3) is 3.68. The summed E-state index contributed by atoms with van der Waals surface area (Å²) in [6, 6.07) is 10.1. The fraction of sp³-hybridized carbons (Fsp3) is 0.303. The van der Waals surface area contributed by atoms with Gasteiger partial charge in [0.1, 0.15) is 5.75 Å². The standard InChI is InChI=1S/C33H29NO6/c1-15-11-20(12-16(2)30(15)37)27-22-9-10-23-28(24(22)14-25-26(36)13-17(3)31(38)29(25)27)33(40)34(32(23)39)21-7-5-19(6-8-21)18(4)35/h5-9,11-13,23-24,27-28,37H,10,14H2,1-4H3/t23-,24+,27-,28-/m0/s1. The molecule has 6 rings (SSSR count). The van der Waals surface area contributed by atoms with Crippen LogP contribution in [0.3, 0.4) is 0 Å². The molecular formula is C33H29NO6. The third-order valence-electron chi connectivity index (χ3n) is 8.94. The number of rotatable bonds is 3. The van der Waals surface area contributed by atoms with Crippen LogP contribution in [0.25, 0.3) is 0 Å². The second kappa shape index (κ2) is 9.08. The number of benzene rings is 2. The van der Waals surface area contributed by atoms with Gasteiger partial charge in [0.25, 0.3) is 0 Å². The molecule has 4 aliphatic rings. The van der Waals surface area contributed by atoms with Gasteiger partial charge in [0, 0.05) is 28.2 Å². The van der Waals surface area contributed by atoms with Crippen LogP contribution >= 0.6 is 0 Å². The fourth-order valence-corrected chi connectivity index (χ4v) is 7.00. The molecule has 1 heterocycles. The summed E-state index contributed by atoms with van der Waals surface area (Å²) in [5.41, 5.74) is 5.07. The van der Waals surface area contributed by atoms with Gasteiger partial charge in [0.05, 0.1) is 17.5 Å². The van der Waals surface area contributed by atoms with Gasteiger partial charge in [-0.05, 0) is 93.5 Å². The smallest absolute Gasteiger partial charge is 0.238 e. The van der Waals surface area contributed by atoms with Gasteiger partial charge in [-0.15, -0.1) is 0 Å². The Kier molecular flexibility index (Phi) is 5.87. The molecule has 0 saturated carbocycles. The van der Waals surface area contributed by atoms with Crippen molar-refractivity contribution < 1.29 is 29.1 Å². The predicted octanol–water partition coefficient (Wildman–Crippen LogP) is 4.85. The molecule has 7 nitrogen and oxygen atoms in total. The van der Waals surface area contributed by atoms with E-state index in [9.17, 15) is 29.1 Å². The van der Waals surface area contributed by atoms with Crippen LogP contribution in [0.15, 0.2) is 70.8 Å². The molecule has 1 fully saturated rings. The summed E-state index contributed by atoms with van der Waals surface area (Å²) < 4.78 is 0. The molecule has 0 radical (unpaired) electrons. The number of hydrogen-bond donors (Lipinski definition) is 1. The first-order valence-electron chi connectivity index (χ1n) is 13.5. The largest absolute Gasteiger partial charge is 0.507 e. The van der Waals surface area contributed by atoms with Gasteiger partial charge >= 0.3 is 0 Å². The second-order valence-corrected chi connectivity index (χ2v) is 11.3. The van der Waals surface area contributed by atoms with Gasteiger partial charge in [-0.25, -0.2) is 0 Å². The zero-order chi connectivity index (χ0) is 28.6. The maximum atomic E-state index is 14.0. The van der Waals surface area contributed by atoms with Crippen molar-refractivity contribution in [3.05, 3.63) is 93.1 Å². The van der Waals surface area contributed by atoms with E-state index in [1.165, 1.54) is 17.9 Å². The topological polar surface area (TPSA) is 109 Å². The first kappa shape index (κ1) is 25.9. The number of carbonyl (C=O) groups is 5. The summed E-state index contributed by atoms with van der Waals surface area (Å²) >= 11 is 0. The highest BCUT2D eigenvalue weighted by molar-refractivity contribution is 6.25. The number of nitrogens with zero attached hydrogens (tertiary/aromatic N) is 1. The maximum Gasteiger partial charge on any atom is 0.238 e. The van der Waals surface area contributed by atoms with Crippen LogP contribution in [-0.4, -0.2) is 34.3 Å². The van der Waals surface area contributed by atoms with Crippen molar-refractivity contribution in [2.75, 3.05) is 4.90 Å². The van der Waals surface area contributed by atoms with E-state index in [4.69, 9.17) is 0 Å². The number of ketones is 3. The van der Waals surface area contributed by atoms with Crippen molar-refractivity contribution in [2.45, 2.75) is 46.5 Å². The minimum atomic E-state index is -0.675. The Morgan fingerprint density at radius 2 is 1.57 bits per heavy atom. The lowest BCUT2D eigenvalue weighted by atomic mass is 9.59. The number of aromatic hydroxyl groups is 1. The van der Waals surface area contributed by atoms with Crippen LogP contribution in [-0.2, 0) is 19.2 Å². The summed E-state index contributed by atoms with van der Waals surface area (Å²) in [4.78, 5) is 67.4. The number of hydrogen-bond acceptors (Lipinski definition) is 6. The van der Waals surface area contributed by atoms with E-state index in [1.54, 1.807) is 45.0 Å². The first-order chi connectivity index (χ1) is 19.0. The maximum absolute atomic E-state index is 14.0. The quantitative estimate of drug-likeness (QED) is 0.261. The van der Waals surface area contributed by atoms with Gasteiger partial charge < -0.3 is 5.11 Å². The molecule has 2 aromatic carbocycles. The summed E-state index contributed by atoms with van der Waals surface area (Å²) in [7, 11) is 0. The second-order valence-electron chi connectivity index (χ2n) is 11.3. The molecule has 40 heavy (non-hydrogen) atoms. The molecule has 2 aromatic rings. The van der Waals surface area contributed by atoms with Crippen LogP contribution in [0.4, 0.5) is 5.69 Å².